The Hall–Kier alpha value is -3.03. The zero-order valence-corrected chi connectivity index (χ0v) is 15.5. The van der Waals surface area contributed by atoms with Gasteiger partial charge in [0.1, 0.15) is 18.1 Å². The van der Waals surface area contributed by atoms with Gasteiger partial charge in [0.25, 0.3) is 5.91 Å². The van der Waals surface area contributed by atoms with E-state index in [1.54, 1.807) is 16.8 Å². The third-order valence-electron chi connectivity index (χ3n) is 4.47. The van der Waals surface area contributed by atoms with Crippen LogP contribution in [0.25, 0.3) is 0 Å². The van der Waals surface area contributed by atoms with Crippen LogP contribution in [-0.2, 0) is 11.2 Å². The predicted octanol–water partition coefficient (Wildman–Crippen LogP) is 1.22. The normalized spacial score (nSPS) is 16.4. The molecule has 3 rings (SSSR count). The molecule has 0 unspecified atom stereocenters. The number of aromatic nitrogens is 3. The van der Waals surface area contributed by atoms with Crippen molar-refractivity contribution in [2.45, 2.75) is 19.3 Å². The first-order valence-corrected chi connectivity index (χ1v) is 9.12. The van der Waals surface area contributed by atoms with Crippen molar-refractivity contribution in [3.63, 3.8) is 0 Å². The summed E-state index contributed by atoms with van der Waals surface area (Å²) in [4.78, 5) is 41.2. The number of nitrogens with zero attached hydrogens (tertiary/aromatic N) is 5. The zero-order valence-electron chi connectivity index (χ0n) is 15.5. The van der Waals surface area contributed by atoms with E-state index in [0.29, 0.717) is 19.5 Å². The van der Waals surface area contributed by atoms with E-state index < -0.39 is 0 Å². The summed E-state index contributed by atoms with van der Waals surface area (Å²) in [6.45, 7) is 1.83. The standard InChI is InChI=1S/C19H24N6O2/c1-24-11-4-8-22-17-7-2-5-15(23-17)6-3-12-25(14-18(24)26)19(27)16-13-20-9-10-21-16/h2,5,7,9-10,13H,3-4,6,8,11-12,14H2,1H3,(H,22,23). The quantitative estimate of drug-likeness (QED) is 0.814. The molecule has 1 N–H and O–H groups in total. The Balaban J connectivity index is 1.78. The number of hydrogen-bond donors (Lipinski definition) is 1. The van der Waals surface area contributed by atoms with Gasteiger partial charge in [-0.15, -0.1) is 0 Å². The van der Waals surface area contributed by atoms with E-state index >= 15 is 0 Å². The number of likely N-dealkylation sites (N-methyl/N-ethyl adjacent to an activating group) is 1. The molecule has 2 aromatic heterocycles. The molecule has 27 heavy (non-hydrogen) atoms. The number of fused-ring (bicyclic) bond motifs is 2. The average molecular weight is 368 g/mol. The van der Waals surface area contributed by atoms with Crippen molar-refractivity contribution in [1.82, 2.24) is 24.8 Å². The molecular formula is C19H24N6O2. The van der Waals surface area contributed by atoms with Gasteiger partial charge in [-0.05, 0) is 31.4 Å². The lowest BCUT2D eigenvalue weighted by atomic mass is 10.2. The Bertz CT molecular complexity index is 783. The van der Waals surface area contributed by atoms with E-state index in [4.69, 9.17) is 0 Å². The van der Waals surface area contributed by atoms with E-state index in [2.05, 4.69) is 20.3 Å². The summed E-state index contributed by atoms with van der Waals surface area (Å²) in [6.07, 6.45) is 6.66. The minimum Gasteiger partial charge on any atom is -0.370 e. The molecule has 0 saturated heterocycles. The van der Waals surface area contributed by atoms with Gasteiger partial charge < -0.3 is 15.1 Å². The molecule has 2 amide bonds. The molecule has 8 nitrogen and oxygen atoms in total. The van der Waals surface area contributed by atoms with Gasteiger partial charge in [-0.1, -0.05) is 6.07 Å². The minimum absolute atomic E-state index is 0.0345. The predicted molar refractivity (Wildman–Crippen MR) is 101 cm³/mol. The third-order valence-corrected chi connectivity index (χ3v) is 4.47. The lowest BCUT2D eigenvalue weighted by molar-refractivity contribution is -0.130. The molecule has 0 saturated carbocycles. The molecule has 3 heterocycles. The maximum Gasteiger partial charge on any atom is 0.274 e. The fraction of sp³-hybridized carbons (Fsp3) is 0.421. The Morgan fingerprint density at radius 1 is 1.19 bits per heavy atom. The van der Waals surface area contributed by atoms with E-state index in [9.17, 15) is 9.59 Å². The maximum atomic E-state index is 12.8. The van der Waals surface area contributed by atoms with Crippen molar-refractivity contribution in [3.05, 3.63) is 48.2 Å². The summed E-state index contributed by atoms with van der Waals surface area (Å²) in [5.74, 6) is 0.479. The van der Waals surface area contributed by atoms with E-state index in [0.717, 1.165) is 30.9 Å². The molecule has 0 aliphatic carbocycles. The van der Waals surface area contributed by atoms with Crippen LogP contribution in [0.1, 0.15) is 29.0 Å². The summed E-state index contributed by atoms with van der Waals surface area (Å²) >= 11 is 0. The van der Waals surface area contributed by atoms with Gasteiger partial charge in [0.05, 0.1) is 6.20 Å². The van der Waals surface area contributed by atoms with Gasteiger partial charge in [0.2, 0.25) is 5.91 Å². The van der Waals surface area contributed by atoms with Gasteiger partial charge >= 0.3 is 0 Å². The van der Waals surface area contributed by atoms with Gasteiger partial charge in [-0.2, -0.15) is 0 Å². The number of anilines is 1. The van der Waals surface area contributed by atoms with Crippen LogP contribution in [-0.4, -0.2) is 69.8 Å². The number of hydrogen-bond acceptors (Lipinski definition) is 6. The van der Waals surface area contributed by atoms with Gasteiger partial charge in [0.15, 0.2) is 0 Å². The second kappa shape index (κ2) is 9.07. The van der Waals surface area contributed by atoms with Crippen molar-refractivity contribution in [2.75, 3.05) is 38.5 Å². The molecule has 142 valence electrons. The Morgan fingerprint density at radius 3 is 2.89 bits per heavy atom. The molecule has 0 fully saturated rings. The van der Waals surface area contributed by atoms with Crippen LogP contribution in [0.3, 0.4) is 0 Å². The van der Waals surface area contributed by atoms with E-state index in [1.165, 1.54) is 18.6 Å². The minimum atomic E-state index is -0.277. The highest BCUT2D eigenvalue weighted by Crippen LogP contribution is 2.10. The highest BCUT2D eigenvalue weighted by Gasteiger charge is 2.22. The monoisotopic (exact) mass is 368 g/mol. The van der Waals surface area contributed by atoms with Crippen molar-refractivity contribution in [1.29, 1.82) is 0 Å². The largest absolute Gasteiger partial charge is 0.370 e. The van der Waals surface area contributed by atoms with E-state index in [-0.39, 0.29) is 24.1 Å². The molecule has 1 aliphatic rings. The molecule has 0 radical (unpaired) electrons. The molecule has 0 aromatic carbocycles. The number of rotatable bonds is 1. The molecule has 0 atom stereocenters. The number of carbonyl (C=O) groups is 2. The molecular weight excluding hydrogens is 344 g/mol. The third kappa shape index (κ3) is 5.22. The smallest absolute Gasteiger partial charge is 0.274 e. The van der Waals surface area contributed by atoms with Crippen molar-refractivity contribution in [2.24, 2.45) is 0 Å². The first-order valence-electron chi connectivity index (χ1n) is 9.12. The van der Waals surface area contributed by atoms with Crippen molar-refractivity contribution >= 4 is 17.6 Å². The maximum absolute atomic E-state index is 12.8. The number of nitrogens with one attached hydrogen (secondary N) is 1. The van der Waals surface area contributed by atoms with Crippen molar-refractivity contribution < 1.29 is 9.59 Å². The fourth-order valence-electron chi connectivity index (χ4n) is 2.93. The topological polar surface area (TPSA) is 91.3 Å². The second-order valence-electron chi connectivity index (χ2n) is 6.53. The summed E-state index contributed by atoms with van der Waals surface area (Å²) in [6, 6.07) is 5.90. The molecule has 8 heteroatoms. The lowest BCUT2D eigenvalue weighted by Gasteiger charge is -2.25. The van der Waals surface area contributed by atoms with Gasteiger partial charge in [-0.25, -0.2) is 9.97 Å². The van der Waals surface area contributed by atoms with E-state index in [1.807, 2.05) is 18.2 Å². The first kappa shape index (κ1) is 18.8. The van der Waals surface area contributed by atoms with Crippen LogP contribution in [0.4, 0.5) is 5.82 Å². The number of amides is 2. The zero-order chi connectivity index (χ0) is 19.1. The van der Waals surface area contributed by atoms with Crippen molar-refractivity contribution in [3.8, 4) is 0 Å². The fourth-order valence-corrected chi connectivity index (χ4v) is 2.93. The van der Waals surface area contributed by atoms with Gasteiger partial charge in [0, 0.05) is 44.8 Å². The Labute approximate surface area is 158 Å². The number of aryl methyl sites for hydroxylation is 1. The highest BCUT2D eigenvalue weighted by molar-refractivity contribution is 5.94. The summed E-state index contributed by atoms with van der Waals surface area (Å²) in [7, 11) is 1.76. The molecule has 0 spiro atoms. The Kier molecular flexibility index (Phi) is 6.30. The molecule has 1 aliphatic heterocycles. The van der Waals surface area contributed by atoms with Crippen LogP contribution in [0.15, 0.2) is 36.8 Å². The second-order valence-corrected chi connectivity index (χ2v) is 6.53. The molecule has 2 aromatic rings. The molecule has 2 bridgehead atoms. The summed E-state index contributed by atoms with van der Waals surface area (Å²) in [5.41, 5.74) is 1.21. The SMILES string of the molecule is CN1CCCNc2cccc(n2)CCCN(C(=O)c2cnccn2)CC1=O. The van der Waals surface area contributed by atoms with Crippen LogP contribution < -0.4 is 5.32 Å². The van der Waals surface area contributed by atoms with Crippen LogP contribution in [0, 0.1) is 0 Å². The van der Waals surface area contributed by atoms with Crippen LogP contribution in [0.5, 0.6) is 0 Å². The van der Waals surface area contributed by atoms with Crippen LogP contribution in [0.2, 0.25) is 0 Å². The number of pyridine rings is 1. The number of carbonyl (C=O) groups excluding carboxylic acids is 2. The average Bonchev–Trinajstić information content (AvgIpc) is 2.70. The highest BCUT2D eigenvalue weighted by atomic mass is 16.2. The van der Waals surface area contributed by atoms with Crippen LogP contribution >= 0.6 is 0 Å². The first-order chi connectivity index (χ1) is 13.1. The van der Waals surface area contributed by atoms with Gasteiger partial charge in [-0.3, -0.25) is 14.6 Å². The summed E-state index contributed by atoms with van der Waals surface area (Å²) in [5, 5.41) is 3.29. The lowest BCUT2D eigenvalue weighted by Crippen LogP contribution is -2.43. The summed E-state index contributed by atoms with van der Waals surface area (Å²) < 4.78 is 0. The Morgan fingerprint density at radius 2 is 2.07 bits per heavy atom.